The molecule has 9 aromatic heterocycles. The van der Waals surface area contributed by atoms with Crippen molar-refractivity contribution < 1.29 is 19.1 Å². The molecule has 632 valence electrons. The van der Waals surface area contributed by atoms with Crippen molar-refractivity contribution in [3.63, 3.8) is 0 Å². The van der Waals surface area contributed by atoms with Gasteiger partial charge < -0.3 is 49.7 Å². The number of carbonyl (C=O) groups is 2. The van der Waals surface area contributed by atoms with Crippen LogP contribution in [-0.2, 0) is 70.8 Å². The number of hydrogen-bond donors (Lipinski definition) is 8. The van der Waals surface area contributed by atoms with Crippen molar-refractivity contribution in [2.24, 2.45) is 28.2 Å². The minimum atomic E-state index is -0.477. The fraction of sp³-hybridized carbons (Fsp3) is 0.367. The maximum atomic E-state index is 11.9. The number of H-pyrrole nitrogens is 7. The molecule has 0 fully saturated rings. The van der Waals surface area contributed by atoms with Crippen LogP contribution in [0.3, 0.4) is 0 Å². The average Bonchev–Trinajstić information content (AvgIpc) is 1.65. The molecule has 3 aliphatic rings. The van der Waals surface area contributed by atoms with E-state index < -0.39 is 5.41 Å². The van der Waals surface area contributed by atoms with Crippen molar-refractivity contribution in [1.82, 2.24) is 79.7 Å². The van der Waals surface area contributed by atoms with E-state index in [-0.39, 0.29) is 29.7 Å². The maximum absolute atomic E-state index is 11.9. The molecule has 0 amide bonds. The number of aromatic amines is 7. The Labute approximate surface area is 720 Å². The Hall–Kier alpha value is -12.0. The number of carbonyl (C=O) groups excluding carboxylic acids is 2. The summed E-state index contributed by atoms with van der Waals surface area (Å²) < 4.78 is 11.8. The summed E-state index contributed by atoms with van der Waals surface area (Å²) in [5, 5.41) is 3.34. The predicted octanol–water partition coefficient (Wildman–Crippen LogP) is 21.1. The molecule has 17 rings (SSSR count). The summed E-state index contributed by atoms with van der Waals surface area (Å²) >= 11 is 3.57. The lowest BCUT2D eigenvalue weighted by Crippen LogP contribution is -2.23. The van der Waals surface area contributed by atoms with Crippen LogP contribution in [0.1, 0.15) is 235 Å². The van der Waals surface area contributed by atoms with Gasteiger partial charge in [0.2, 0.25) is 0 Å². The molecule has 8 N–H and O–H groups in total. The molecule has 22 nitrogen and oxygen atoms in total. The van der Waals surface area contributed by atoms with Crippen LogP contribution in [0.15, 0.2) is 213 Å². The zero-order valence-electron chi connectivity index (χ0n) is 72.8. The minimum absolute atomic E-state index is 0.0996. The van der Waals surface area contributed by atoms with Gasteiger partial charge in [-0.2, -0.15) is 0 Å². The first-order chi connectivity index (χ1) is 58.4. The molecule has 23 heteroatoms. The van der Waals surface area contributed by atoms with Gasteiger partial charge in [-0.3, -0.25) is 24.5 Å². The van der Waals surface area contributed by atoms with Gasteiger partial charge >= 0.3 is 11.9 Å². The number of fused-ring (bicyclic) bond motifs is 3. The molecule has 2 aliphatic carbocycles. The third-order valence-electron chi connectivity index (χ3n) is 23.3. The van der Waals surface area contributed by atoms with Crippen molar-refractivity contribution in [3.05, 3.63) is 331 Å². The number of imidazole rings is 7. The van der Waals surface area contributed by atoms with E-state index in [1.165, 1.54) is 115 Å². The van der Waals surface area contributed by atoms with Crippen LogP contribution < -0.4 is 5.32 Å². The van der Waals surface area contributed by atoms with Crippen LogP contribution in [0.25, 0.3) is 11.0 Å². The topological polar surface area (TPSA) is 304 Å². The van der Waals surface area contributed by atoms with Gasteiger partial charge in [0, 0.05) is 132 Å². The standard InChI is InChI=1S/C18H24N2O2.C17H22N2O2.2C13H15N3.2C13H16N2.C11H11BrN4/c1-12-14(10-22-17(21)18(3,4)5)7-6-8-15(12)13(2)16-9-19-11-20-16;1-11(2)17(20)21-9-14-6-5-7-15(12(14)3)13(4)16-8-18-10-19-16;2*1-2-11-4-3-10(7-13(11)15-5-1)6-12-8-14-9-16-12;2*1-9-5-4-6-12(10(9)2)11(3)13-7-14-8-15-13;12-10-7(16-9-2-1-5-13-9)3-4-8-11(10)15-6-14-8/h6-9,11,13H,10H2,1-5H3,(H,19,20);5-8,10-11,13H,9H2,1-4H3,(H,18,19);2*1-2,5,8-10H,3-4,6-7H2,(H,14,16);2*4-8,11H,1-3H3,(H,14,15);3-4,6H,1-2,5H2,(H,13,16)(H,14,15)/t2*13-;2*10-;2*11-;/m001010./s1. The monoisotopic (exact) mass is 1690 g/mol. The molecule has 6 atom stereocenters. The number of ether oxygens (including phenoxy) is 2. The predicted molar refractivity (Wildman–Crippen MR) is 486 cm³/mol. The number of aryl methyl sites for hydroxylation is 4. The van der Waals surface area contributed by atoms with Gasteiger partial charge in [-0.25, -0.2) is 34.9 Å². The van der Waals surface area contributed by atoms with E-state index in [9.17, 15) is 9.59 Å². The van der Waals surface area contributed by atoms with Crippen LogP contribution in [0.4, 0.5) is 5.69 Å². The Morgan fingerprint density at radius 3 is 1.29 bits per heavy atom. The number of hydrogen-bond acceptors (Lipinski definition) is 15. The number of esters is 2. The van der Waals surface area contributed by atoms with Crippen molar-refractivity contribution in [3.8, 4) is 0 Å². The van der Waals surface area contributed by atoms with Crippen LogP contribution in [0.5, 0.6) is 0 Å². The summed E-state index contributed by atoms with van der Waals surface area (Å²) in [6.45, 7) is 32.3. The summed E-state index contributed by atoms with van der Waals surface area (Å²) in [4.78, 5) is 87.6. The van der Waals surface area contributed by atoms with Crippen LogP contribution in [0.2, 0.25) is 0 Å². The largest absolute Gasteiger partial charge is 0.461 e. The van der Waals surface area contributed by atoms with Gasteiger partial charge in [0.25, 0.3) is 0 Å². The highest BCUT2D eigenvalue weighted by molar-refractivity contribution is 9.10. The number of pyridine rings is 2. The average molecular weight is 1690 g/mol. The Morgan fingerprint density at radius 2 is 0.893 bits per heavy atom. The molecule has 0 saturated carbocycles. The molecule has 0 unspecified atom stereocenters. The summed E-state index contributed by atoms with van der Waals surface area (Å²) in [5.74, 6) is 3.26. The molecule has 10 heterocycles. The number of rotatable bonds is 18. The van der Waals surface area contributed by atoms with Crippen molar-refractivity contribution in [1.29, 1.82) is 0 Å². The highest BCUT2D eigenvalue weighted by Gasteiger charge is 2.26. The zero-order chi connectivity index (χ0) is 86.0. The first-order valence-corrected chi connectivity index (χ1v) is 43.0. The molecule has 1 aliphatic heterocycles. The normalized spacial score (nSPS) is 14.8. The number of nitrogens with one attached hydrogen (secondary N) is 8. The number of aromatic nitrogens is 16. The Bertz CT molecular complexity index is 5360. The maximum Gasteiger partial charge on any atom is 0.311 e. The van der Waals surface area contributed by atoms with E-state index in [1.807, 2.05) is 133 Å². The molecule has 0 bridgehead atoms. The number of aliphatic imine (C=N–C) groups is 1. The van der Waals surface area contributed by atoms with Gasteiger partial charge in [0.1, 0.15) is 24.6 Å². The lowest BCUT2D eigenvalue weighted by atomic mass is 9.84. The summed E-state index contributed by atoms with van der Waals surface area (Å²) in [6, 6.07) is 37.7. The summed E-state index contributed by atoms with van der Waals surface area (Å²) in [6.07, 6.45) is 38.6. The van der Waals surface area contributed by atoms with Crippen LogP contribution in [0, 0.1) is 64.7 Å². The summed E-state index contributed by atoms with van der Waals surface area (Å²) in [5.41, 5.74) is 30.0. The third kappa shape index (κ3) is 25.1. The summed E-state index contributed by atoms with van der Waals surface area (Å²) in [7, 11) is 0. The lowest BCUT2D eigenvalue weighted by molar-refractivity contribution is -0.154. The smallest absolute Gasteiger partial charge is 0.311 e. The Morgan fingerprint density at radius 1 is 0.471 bits per heavy atom. The highest BCUT2D eigenvalue weighted by atomic mass is 79.9. The quantitative estimate of drug-likeness (QED) is 0.0371. The second kappa shape index (κ2) is 43.8. The third-order valence-corrected chi connectivity index (χ3v) is 24.1. The molecule has 0 radical (unpaired) electrons. The van der Waals surface area contributed by atoms with E-state index in [0.29, 0.717) is 36.9 Å². The van der Waals surface area contributed by atoms with Gasteiger partial charge in [-0.1, -0.05) is 126 Å². The first kappa shape index (κ1) is 89.8. The number of nitrogens with zero attached hydrogens (tertiary/aromatic N) is 10. The number of benzene rings is 5. The van der Waals surface area contributed by atoms with E-state index in [4.69, 9.17) is 9.47 Å². The van der Waals surface area contributed by atoms with E-state index in [2.05, 4.69) is 236 Å². The molecule has 0 saturated heterocycles. The number of halogens is 1. The Kier molecular flexibility index (Phi) is 32.5. The molecular weight excluding hydrogens is 1570 g/mol. The second-order valence-electron chi connectivity index (χ2n) is 33.1. The van der Waals surface area contributed by atoms with Crippen molar-refractivity contribution in [2.45, 2.75) is 205 Å². The molecule has 14 aromatic rings. The fourth-order valence-corrected chi connectivity index (χ4v) is 15.9. The van der Waals surface area contributed by atoms with Crippen LogP contribution in [-0.4, -0.2) is 104 Å². The van der Waals surface area contributed by atoms with Gasteiger partial charge in [0.05, 0.1) is 71.3 Å². The number of amidine groups is 1. The second-order valence-corrected chi connectivity index (χ2v) is 33.9. The van der Waals surface area contributed by atoms with Gasteiger partial charge in [0.15, 0.2) is 0 Å². The van der Waals surface area contributed by atoms with Gasteiger partial charge in [-0.15, -0.1) is 0 Å². The molecule has 121 heavy (non-hydrogen) atoms. The van der Waals surface area contributed by atoms with E-state index in [0.717, 1.165) is 106 Å². The van der Waals surface area contributed by atoms with Crippen molar-refractivity contribution in [2.75, 3.05) is 11.9 Å². The minimum Gasteiger partial charge on any atom is -0.461 e. The fourth-order valence-electron chi connectivity index (χ4n) is 15.4. The van der Waals surface area contributed by atoms with Gasteiger partial charge in [-0.05, 0) is 250 Å². The van der Waals surface area contributed by atoms with E-state index >= 15 is 0 Å². The van der Waals surface area contributed by atoms with Crippen molar-refractivity contribution >= 4 is 50.4 Å². The lowest BCUT2D eigenvalue weighted by Gasteiger charge is -2.22. The SMILES string of the molecule is Brc1c(NC2=NCCC2)ccc2[nH]cnc12.Cc1c(COC(=O)C(C)(C)C)cccc1[C@H](C)c1cnc[nH]1.Cc1c(COC(=O)C(C)C)cccc1[C@H](C)c1cnc[nH]1.Cc1cccc([C@@H](C)c2cnc[nH]2)c1C.Cc1cccc([C@H](C)c2cnc[nH]2)c1C.c1cnc2c(c1)CC[C@@H](Cc1cnc[nH]1)C2.c1cnc2c(c1)CC[C@H](Cc1cnc[nH]1)C2. The first-order valence-electron chi connectivity index (χ1n) is 42.2. The molecule has 5 aromatic carbocycles. The zero-order valence-corrected chi connectivity index (χ0v) is 74.4. The van der Waals surface area contributed by atoms with E-state index in [1.54, 1.807) is 44.3 Å². The highest BCUT2D eigenvalue weighted by Crippen LogP contribution is 2.35. The van der Waals surface area contributed by atoms with Crippen LogP contribution >= 0.6 is 15.9 Å². The number of anilines is 1. The molecule has 0 spiro atoms. The molecular formula is C98H119BrN18O4. The Balaban J connectivity index is 0.000000138.